The van der Waals surface area contributed by atoms with Crippen LogP contribution in [0.2, 0.25) is 0 Å². The van der Waals surface area contributed by atoms with Crippen LogP contribution in [0.3, 0.4) is 0 Å². The van der Waals surface area contributed by atoms with Gasteiger partial charge in [0.15, 0.2) is 12.5 Å². The topological polar surface area (TPSA) is 196 Å². The molecule has 0 spiro atoms. The maximum atomic E-state index is 11.5. The fourth-order valence-corrected chi connectivity index (χ4v) is 3.00. The molecule has 1 fully saturated rings. The van der Waals surface area contributed by atoms with Crippen molar-refractivity contribution in [3.63, 3.8) is 0 Å². The Morgan fingerprint density at radius 1 is 1.17 bits per heavy atom. The number of carbonyl (C=O) groups excluding carboxylic acids is 2. The van der Waals surface area contributed by atoms with Gasteiger partial charge in [0.2, 0.25) is 18.1 Å². The molecule has 0 radical (unpaired) electrons. The molecule has 0 aromatic carbocycles. The van der Waals surface area contributed by atoms with E-state index in [4.69, 9.17) is 18.9 Å². The van der Waals surface area contributed by atoms with Gasteiger partial charge in [-0.25, -0.2) is 0 Å². The molecule has 0 saturated carbocycles. The van der Waals surface area contributed by atoms with Crippen LogP contribution in [0.25, 0.3) is 0 Å². The molecular formula is C17H32N2O11. The fourth-order valence-electron chi connectivity index (χ4n) is 3.00. The van der Waals surface area contributed by atoms with E-state index in [1.54, 1.807) is 0 Å². The summed E-state index contributed by atoms with van der Waals surface area (Å²) < 4.78 is 21.6. The van der Waals surface area contributed by atoms with Crippen LogP contribution in [0.4, 0.5) is 0 Å². The Hall–Kier alpha value is -1.42. The average molecular weight is 440 g/mol. The highest BCUT2D eigenvalue weighted by Crippen LogP contribution is 2.26. The van der Waals surface area contributed by atoms with Crippen LogP contribution < -0.4 is 10.6 Å². The minimum absolute atomic E-state index is 0.481. The molecule has 30 heavy (non-hydrogen) atoms. The highest BCUT2D eigenvalue weighted by molar-refractivity contribution is 5.73. The highest BCUT2D eigenvalue weighted by Gasteiger charge is 2.47. The molecule has 0 aromatic rings. The lowest BCUT2D eigenvalue weighted by molar-refractivity contribution is -0.301. The summed E-state index contributed by atoms with van der Waals surface area (Å²) in [5.41, 5.74) is 0. The number of hydrogen-bond donors (Lipinski definition) is 7. The summed E-state index contributed by atoms with van der Waals surface area (Å²) in [6, 6.07) is -1.08. The highest BCUT2D eigenvalue weighted by atomic mass is 16.7. The van der Waals surface area contributed by atoms with E-state index < -0.39 is 80.4 Å². The molecule has 1 heterocycles. The lowest BCUT2D eigenvalue weighted by atomic mass is 9.96. The van der Waals surface area contributed by atoms with Gasteiger partial charge >= 0.3 is 0 Å². The van der Waals surface area contributed by atoms with Gasteiger partial charge in [-0.1, -0.05) is 0 Å². The first-order chi connectivity index (χ1) is 14.0. The summed E-state index contributed by atoms with van der Waals surface area (Å²) in [5.74, 6) is -1.09. The summed E-state index contributed by atoms with van der Waals surface area (Å²) in [5, 5.41) is 53.7. The van der Waals surface area contributed by atoms with Crippen LogP contribution >= 0.6 is 0 Å². The number of methoxy groups -OCH3 is 1. The second kappa shape index (κ2) is 12.4. The number of rotatable bonds is 11. The Labute approximate surface area is 173 Å². The number of amides is 2. The third-order valence-corrected chi connectivity index (χ3v) is 4.48. The fraction of sp³-hybridized carbons (Fsp3) is 0.882. The van der Waals surface area contributed by atoms with Gasteiger partial charge in [0, 0.05) is 21.0 Å². The normalized spacial score (nSPS) is 30.8. The van der Waals surface area contributed by atoms with Gasteiger partial charge in [-0.15, -0.1) is 0 Å². The number of nitrogens with one attached hydrogen (secondary N) is 2. The van der Waals surface area contributed by atoms with E-state index in [2.05, 4.69) is 5.32 Å². The van der Waals surface area contributed by atoms with Crippen molar-refractivity contribution < 1.29 is 54.1 Å². The first kappa shape index (κ1) is 26.6. The molecule has 1 aliphatic rings. The molecule has 7 unspecified atom stereocenters. The van der Waals surface area contributed by atoms with E-state index in [-0.39, 0.29) is 0 Å². The summed E-state index contributed by atoms with van der Waals surface area (Å²) in [4.78, 5) is 22.5. The molecule has 176 valence electrons. The first-order valence-corrected chi connectivity index (χ1v) is 9.34. The molecule has 0 aliphatic carbocycles. The van der Waals surface area contributed by atoms with Crippen molar-refractivity contribution in [1.82, 2.24) is 10.6 Å². The second-order valence-corrected chi connectivity index (χ2v) is 6.88. The molecule has 0 aromatic heterocycles. The molecule has 2 amide bonds. The van der Waals surface area contributed by atoms with Crippen LogP contribution in [-0.4, -0.2) is 113 Å². The molecule has 7 N–H and O–H groups in total. The van der Waals surface area contributed by atoms with Crippen LogP contribution in [0, 0.1) is 0 Å². The largest absolute Gasteiger partial charge is 0.394 e. The third kappa shape index (κ3) is 7.37. The summed E-state index contributed by atoms with van der Waals surface area (Å²) in [6.07, 6.45) is -10.3. The maximum absolute atomic E-state index is 11.5. The van der Waals surface area contributed by atoms with Crippen LogP contribution in [0.15, 0.2) is 0 Å². The maximum Gasteiger partial charge on any atom is 0.218 e. The average Bonchev–Trinajstić information content (AvgIpc) is 2.67. The summed E-state index contributed by atoms with van der Waals surface area (Å²) in [6.45, 7) is 2.67. The van der Waals surface area contributed by atoms with Gasteiger partial charge in [0.1, 0.15) is 30.5 Å². The number of aliphatic hydroxyl groups is 5. The third-order valence-electron chi connectivity index (χ3n) is 4.48. The van der Waals surface area contributed by atoms with Crippen molar-refractivity contribution >= 4 is 11.8 Å². The van der Waals surface area contributed by atoms with E-state index in [1.165, 1.54) is 21.0 Å². The molecule has 1 rings (SSSR count). The van der Waals surface area contributed by atoms with Gasteiger partial charge in [0.25, 0.3) is 0 Å². The summed E-state index contributed by atoms with van der Waals surface area (Å²) in [7, 11) is 1.31. The van der Waals surface area contributed by atoms with Crippen molar-refractivity contribution in [1.29, 1.82) is 0 Å². The monoisotopic (exact) mass is 440 g/mol. The molecule has 1 aliphatic heterocycles. The van der Waals surface area contributed by atoms with Crippen molar-refractivity contribution in [2.24, 2.45) is 0 Å². The molecule has 13 heteroatoms. The minimum atomic E-state index is -1.87. The van der Waals surface area contributed by atoms with Crippen molar-refractivity contribution in [2.75, 3.05) is 20.3 Å². The van der Waals surface area contributed by atoms with Crippen molar-refractivity contribution in [3.05, 3.63) is 0 Å². The quantitative estimate of drug-likeness (QED) is 0.155. The zero-order valence-electron chi connectivity index (χ0n) is 17.3. The van der Waals surface area contributed by atoms with Gasteiger partial charge in [-0.2, -0.15) is 0 Å². The van der Waals surface area contributed by atoms with Gasteiger partial charge in [-0.3, -0.25) is 9.59 Å². The molecule has 9 atom stereocenters. The Kier molecular flexibility index (Phi) is 11.0. The van der Waals surface area contributed by atoms with Crippen molar-refractivity contribution in [3.8, 4) is 0 Å². The van der Waals surface area contributed by atoms with E-state index in [9.17, 15) is 35.1 Å². The Bertz CT molecular complexity index is 552. The van der Waals surface area contributed by atoms with E-state index in [0.717, 1.165) is 6.92 Å². The molecular weight excluding hydrogens is 408 g/mol. The van der Waals surface area contributed by atoms with Crippen LogP contribution in [0.1, 0.15) is 20.8 Å². The van der Waals surface area contributed by atoms with E-state index in [1.807, 2.05) is 5.32 Å². The molecule has 1 saturated heterocycles. The Morgan fingerprint density at radius 3 is 2.27 bits per heavy atom. The van der Waals surface area contributed by atoms with Crippen molar-refractivity contribution in [2.45, 2.75) is 76.1 Å². The number of carbonyl (C=O) groups is 2. The summed E-state index contributed by atoms with van der Waals surface area (Å²) >= 11 is 0. The number of hydrogen-bond acceptors (Lipinski definition) is 11. The molecule has 0 bridgehead atoms. The lowest BCUT2D eigenvalue weighted by Crippen LogP contribution is -2.65. The second-order valence-electron chi connectivity index (χ2n) is 6.88. The number of aliphatic hydroxyl groups excluding tert-OH is 5. The van der Waals surface area contributed by atoms with Gasteiger partial charge in [-0.05, 0) is 6.92 Å². The van der Waals surface area contributed by atoms with Gasteiger partial charge in [0.05, 0.1) is 19.3 Å². The number of ether oxygens (including phenoxy) is 4. The Balaban J connectivity index is 2.90. The minimum Gasteiger partial charge on any atom is -0.394 e. The zero-order valence-corrected chi connectivity index (χ0v) is 17.3. The SMILES string of the molecule is CO[C@H]1C(O)C(NC(C)=O)C(OC(C)C(CO)OC(O)C(O)NC(C)=O)O[C@H]1CO. The first-order valence-electron chi connectivity index (χ1n) is 9.34. The predicted molar refractivity (Wildman–Crippen MR) is 98.5 cm³/mol. The smallest absolute Gasteiger partial charge is 0.218 e. The zero-order chi connectivity index (χ0) is 23.0. The van der Waals surface area contributed by atoms with E-state index in [0.29, 0.717) is 0 Å². The lowest BCUT2D eigenvalue weighted by Gasteiger charge is -2.44. The van der Waals surface area contributed by atoms with E-state index >= 15 is 0 Å². The molecule has 13 nitrogen and oxygen atoms in total. The Morgan fingerprint density at radius 2 is 1.80 bits per heavy atom. The standard InChI is InChI=1S/C17H32N2O11/c1-7(10(5-20)29-16(26)15(25)19-9(3)23)28-17-12(18-8(2)22)13(24)14(27-4)11(6-21)30-17/h7,10-17,20-21,24-26H,5-6H2,1-4H3,(H,18,22)(H,19,23)/t7?,10?,11-,12?,13?,14+,15?,16?,17?/m0/s1. The predicted octanol–water partition coefficient (Wildman–Crippen LogP) is -3.86. The van der Waals surface area contributed by atoms with Crippen LogP contribution in [0.5, 0.6) is 0 Å². The van der Waals surface area contributed by atoms with Gasteiger partial charge < -0.3 is 55.1 Å². The van der Waals surface area contributed by atoms with Crippen LogP contribution in [-0.2, 0) is 28.5 Å².